The van der Waals surface area contributed by atoms with Gasteiger partial charge in [0.2, 0.25) is 5.82 Å². The van der Waals surface area contributed by atoms with E-state index < -0.39 is 4.92 Å². The zero-order valence-electron chi connectivity index (χ0n) is 12.9. The summed E-state index contributed by atoms with van der Waals surface area (Å²) < 4.78 is 15.5. The van der Waals surface area contributed by atoms with Gasteiger partial charge in [0.1, 0.15) is 23.1 Å². The molecule has 0 atom stereocenters. The molecule has 1 saturated heterocycles. The van der Waals surface area contributed by atoms with Crippen LogP contribution in [0, 0.1) is 10.1 Å². The van der Waals surface area contributed by atoms with E-state index in [9.17, 15) is 10.1 Å². The van der Waals surface area contributed by atoms with Crippen LogP contribution in [-0.2, 0) is 4.74 Å². The number of aromatic nitrogens is 4. The van der Waals surface area contributed by atoms with Gasteiger partial charge < -0.3 is 14.4 Å². The lowest BCUT2D eigenvalue weighted by Crippen LogP contribution is -2.37. The fourth-order valence-corrected chi connectivity index (χ4v) is 2.53. The third-order valence-electron chi connectivity index (χ3n) is 3.70. The van der Waals surface area contributed by atoms with Crippen LogP contribution in [0.25, 0.3) is 11.0 Å². The molecule has 1 aliphatic rings. The molecule has 0 aliphatic carbocycles. The average molecular weight is 344 g/mol. The number of fused-ring (bicyclic) bond motifs is 1. The van der Waals surface area contributed by atoms with E-state index in [0.29, 0.717) is 43.1 Å². The van der Waals surface area contributed by atoms with Gasteiger partial charge in [-0.05, 0) is 22.4 Å². The predicted octanol–water partition coefficient (Wildman–Crippen LogP) is 1.55. The Morgan fingerprint density at radius 3 is 2.76 bits per heavy atom. The van der Waals surface area contributed by atoms with Crippen molar-refractivity contribution in [3.05, 3.63) is 34.6 Å². The highest BCUT2D eigenvalue weighted by atomic mass is 16.6. The first-order chi connectivity index (χ1) is 12.2. The summed E-state index contributed by atoms with van der Waals surface area (Å²) in [5.74, 6) is 0.401. The lowest BCUT2D eigenvalue weighted by atomic mass is 10.3. The maximum Gasteiger partial charge on any atom is 0.373 e. The van der Waals surface area contributed by atoms with E-state index in [0.717, 1.165) is 0 Å². The fraction of sp³-hybridized carbons (Fsp3) is 0.286. The summed E-state index contributed by atoms with van der Waals surface area (Å²) in [7, 11) is 0. The summed E-state index contributed by atoms with van der Waals surface area (Å²) in [6.45, 7) is 1.97. The maximum absolute atomic E-state index is 11.6. The van der Waals surface area contributed by atoms with Gasteiger partial charge in [0, 0.05) is 19.2 Å². The Labute approximate surface area is 140 Å². The summed E-state index contributed by atoms with van der Waals surface area (Å²) in [5, 5.41) is 19.0. The minimum Gasteiger partial charge on any atom is -0.433 e. The van der Waals surface area contributed by atoms with Gasteiger partial charge in [-0.15, -0.1) is 0 Å². The summed E-state index contributed by atoms with van der Waals surface area (Å²) in [6.07, 6.45) is 1.24. The molecule has 3 aromatic rings. The van der Waals surface area contributed by atoms with E-state index in [2.05, 4.69) is 24.9 Å². The van der Waals surface area contributed by atoms with E-state index in [1.807, 2.05) is 0 Å². The van der Waals surface area contributed by atoms with Crippen LogP contribution in [-0.4, -0.2) is 51.5 Å². The SMILES string of the molecule is O=[N+]([O-])c1c(Oc2ccc3nonc3c2)ncnc1N1CCOCC1. The molecular weight excluding hydrogens is 332 g/mol. The molecule has 11 nitrogen and oxygen atoms in total. The first-order valence-electron chi connectivity index (χ1n) is 7.44. The third-order valence-corrected chi connectivity index (χ3v) is 3.70. The van der Waals surface area contributed by atoms with Crippen LogP contribution in [0.1, 0.15) is 0 Å². The van der Waals surface area contributed by atoms with Crippen molar-refractivity contribution in [2.75, 3.05) is 31.2 Å². The van der Waals surface area contributed by atoms with Gasteiger partial charge in [-0.2, -0.15) is 4.98 Å². The quantitative estimate of drug-likeness (QED) is 0.507. The summed E-state index contributed by atoms with van der Waals surface area (Å²) in [5.41, 5.74) is 0.740. The molecule has 1 aromatic carbocycles. The molecule has 1 aliphatic heterocycles. The van der Waals surface area contributed by atoms with Gasteiger partial charge in [0.05, 0.1) is 18.1 Å². The van der Waals surface area contributed by atoms with Crippen molar-refractivity contribution in [3.8, 4) is 11.6 Å². The standard InChI is InChI=1S/C14H12N6O5/c21-20(22)12-13(19-3-5-23-6-4-19)15-8-16-14(12)24-9-1-2-10-11(7-9)18-25-17-10/h1-2,7-8H,3-6H2. The normalized spacial score (nSPS) is 14.6. The monoisotopic (exact) mass is 344 g/mol. The minimum absolute atomic E-state index is 0.141. The zero-order valence-corrected chi connectivity index (χ0v) is 12.9. The Hall–Kier alpha value is -3.34. The largest absolute Gasteiger partial charge is 0.433 e. The van der Waals surface area contributed by atoms with Gasteiger partial charge >= 0.3 is 11.6 Å². The van der Waals surface area contributed by atoms with E-state index in [1.165, 1.54) is 6.33 Å². The van der Waals surface area contributed by atoms with Crippen molar-refractivity contribution in [1.82, 2.24) is 20.3 Å². The van der Waals surface area contributed by atoms with Gasteiger partial charge in [0.15, 0.2) is 0 Å². The predicted molar refractivity (Wildman–Crippen MR) is 83.6 cm³/mol. The molecule has 4 rings (SSSR count). The highest BCUT2D eigenvalue weighted by Gasteiger charge is 2.29. The van der Waals surface area contributed by atoms with E-state index in [4.69, 9.17) is 9.47 Å². The molecular formula is C14H12N6O5. The number of ether oxygens (including phenoxy) is 2. The lowest BCUT2D eigenvalue weighted by molar-refractivity contribution is -0.385. The van der Waals surface area contributed by atoms with Gasteiger partial charge in [-0.1, -0.05) is 0 Å². The molecule has 1 fully saturated rings. The molecule has 3 heterocycles. The minimum atomic E-state index is -0.545. The summed E-state index contributed by atoms with van der Waals surface area (Å²) in [4.78, 5) is 20.8. The number of nitrogens with zero attached hydrogens (tertiary/aromatic N) is 6. The smallest absolute Gasteiger partial charge is 0.373 e. The maximum atomic E-state index is 11.6. The molecule has 0 N–H and O–H groups in total. The summed E-state index contributed by atoms with van der Waals surface area (Å²) in [6, 6.07) is 4.80. The lowest BCUT2D eigenvalue weighted by Gasteiger charge is -2.27. The second-order valence-corrected chi connectivity index (χ2v) is 5.22. The molecule has 0 saturated carbocycles. The van der Waals surface area contributed by atoms with Crippen LogP contribution in [0.5, 0.6) is 11.6 Å². The van der Waals surface area contributed by atoms with Crippen molar-refractivity contribution in [2.45, 2.75) is 0 Å². The fourth-order valence-electron chi connectivity index (χ4n) is 2.53. The molecule has 0 bridgehead atoms. The second kappa shape index (κ2) is 6.28. The van der Waals surface area contributed by atoms with E-state index in [1.54, 1.807) is 23.1 Å². The molecule has 0 spiro atoms. The molecule has 25 heavy (non-hydrogen) atoms. The number of hydrogen-bond donors (Lipinski definition) is 0. The van der Waals surface area contributed by atoms with Crippen LogP contribution < -0.4 is 9.64 Å². The van der Waals surface area contributed by atoms with Crippen LogP contribution in [0.2, 0.25) is 0 Å². The molecule has 0 amide bonds. The van der Waals surface area contributed by atoms with Crippen LogP contribution in [0.3, 0.4) is 0 Å². The van der Waals surface area contributed by atoms with Gasteiger partial charge in [-0.3, -0.25) is 10.1 Å². The molecule has 0 unspecified atom stereocenters. The van der Waals surface area contributed by atoms with Crippen molar-refractivity contribution in [2.24, 2.45) is 0 Å². The number of hydrogen-bond acceptors (Lipinski definition) is 10. The first kappa shape index (κ1) is 15.2. The van der Waals surface area contributed by atoms with Gasteiger partial charge in [0.25, 0.3) is 0 Å². The molecule has 2 aromatic heterocycles. The number of rotatable bonds is 4. The third kappa shape index (κ3) is 2.92. The highest BCUT2D eigenvalue weighted by Crippen LogP contribution is 2.36. The van der Waals surface area contributed by atoms with Gasteiger partial charge in [-0.25, -0.2) is 9.61 Å². The molecule has 128 valence electrons. The van der Waals surface area contributed by atoms with Crippen molar-refractivity contribution in [1.29, 1.82) is 0 Å². The topological polar surface area (TPSA) is 130 Å². The van der Waals surface area contributed by atoms with Crippen LogP contribution in [0.15, 0.2) is 29.2 Å². The number of benzene rings is 1. The van der Waals surface area contributed by atoms with E-state index >= 15 is 0 Å². The highest BCUT2D eigenvalue weighted by molar-refractivity contribution is 5.75. The van der Waals surface area contributed by atoms with Crippen molar-refractivity contribution >= 4 is 22.5 Å². The Morgan fingerprint density at radius 2 is 1.96 bits per heavy atom. The number of nitro groups is 1. The zero-order chi connectivity index (χ0) is 17.2. The first-order valence-corrected chi connectivity index (χ1v) is 7.44. The van der Waals surface area contributed by atoms with E-state index in [-0.39, 0.29) is 17.4 Å². The molecule has 11 heteroatoms. The Bertz CT molecular complexity index is 923. The number of morpholine rings is 1. The second-order valence-electron chi connectivity index (χ2n) is 5.22. The Morgan fingerprint density at radius 1 is 1.16 bits per heavy atom. The summed E-state index contributed by atoms with van der Waals surface area (Å²) >= 11 is 0. The Balaban J connectivity index is 1.71. The van der Waals surface area contributed by atoms with Crippen LogP contribution in [0.4, 0.5) is 11.5 Å². The number of anilines is 1. The average Bonchev–Trinajstić information content (AvgIpc) is 3.10. The molecule has 0 radical (unpaired) electrons. The van der Waals surface area contributed by atoms with Crippen molar-refractivity contribution in [3.63, 3.8) is 0 Å². The Kier molecular flexibility index (Phi) is 3.82. The van der Waals surface area contributed by atoms with Crippen molar-refractivity contribution < 1.29 is 19.0 Å². The van der Waals surface area contributed by atoms with Crippen LogP contribution >= 0.6 is 0 Å².